The molecule has 2 aromatic heterocycles. The van der Waals surface area contributed by atoms with Gasteiger partial charge in [-0.3, -0.25) is 14.6 Å². The maximum absolute atomic E-state index is 13.5. The van der Waals surface area contributed by atoms with E-state index in [0.29, 0.717) is 43.6 Å². The van der Waals surface area contributed by atoms with E-state index < -0.39 is 6.10 Å². The fraction of sp³-hybridized carbons (Fsp3) is 0.583. The summed E-state index contributed by atoms with van der Waals surface area (Å²) in [5.74, 6) is 3.34. The zero-order chi connectivity index (χ0) is 32.2. The van der Waals surface area contributed by atoms with E-state index in [2.05, 4.69) is 51.8 Å². The smallest absolute Gasteiger partial charge is 0.181 e. The number of ketones is 1. The zero-order valence-electron chi connectivity index (χ0n) is 28.4. The first kappa shape index (κ1) is 35.2. The molecule has 2 aliphatic heterocycles. The number of aliphatic hydroxyl groups excluding tert-OH is 1. The van der Waals surface area contributed by atoms with Crippen molar-refractivity contribution in [1.82, 2.24) is 19.8 Å². The average molecular weight is 665 g/mol. The van der Waals surface area contributed by atoms with E-state index in [-0.39, 0.29) is 19.3 Å². The molecule has 1 aromatic carbocycles. The van der Waals surface area contributed by atoms with Crippen molar-refractivity contribution in [3.05, 3.63) is 64.4 Å². The first-order valence-corrected chi connectivity index (χ1v) is 17.1. The van der Waals surface area contributed by atoms with Crippen LogP contribution in [0.1, 0.15) is 84.5 Å². The number of anilines is 2. The molecule has 1 atom stereocenters. The maximum Gasteiger partial charge on any atom is 0.181 e. The number of β-amino-alcohol motifs (C(OH)–C–C–N with tert-alkyl or cyclic N) is 1. The van der Waals surface area contributed by atoms with Crippen LogP contribution in [0.2, 0.25) is 0 Å². The predicted molar refractivity (Wildman–Crippen MR) is 190 cm³/mol. The SMILES string of the molecule is Cc1ncoc1COc1ccc2c(c1C)CCN(C[C@@H](O)CCC(=O)c1cc(NC3CCC3)nc(N3CCN(C(C)C)CC3)c1)C2.S. The van der Waals surface area contributed by atoms with Crippen molar-refractivity contribution in [1.29, 1.82) is 0 Å². The Hall–Kier alpha value is -3.12. The van der Waals surface area contributed by atoms with Gasteiger partial charge in [-0.05, 0) is 94.7 Å². The first-order valence-electron chi connectivity index (χ1n) is 17.1. The van der Waals surface area contributed by atoms with Crippen LogP contribution < -0.4 is 15.0 Å². The number of nitrogens with zero attached hydrogens (tertiary/aromatic N) is 5. The van der Waals surface area contributed by atoms with Gasteiger partial charge >= 0.3 is 0 Å². The third-order valence-electron chi connectivity index (χ3n) is 10.1. The van der Waals surface area contributed by atoms with Crippen LogP contribution in [0.25, 0.3) is 0 Å². The topological polar surface area (TPSA) is 107 Å². The van der Waals surface area contributed by atoms with E-state index in [4.69, 9.17) is 14.1 Å². The quantitative estimate of drug-likeness (QED) is 0.235. The molecule has 2 N–H and O–H groups in total. The summed E-state index contributed by atoms with van der Waals surface area (Å²) in [6.07, 6.45) is 6.04. The minimum Gasteiger partial charge on any atom is -0.485 e. The number of carbonyl (C=O) groups excluding carboxylic acids is 1. The van der Waals surface area contributed by atoms with Crippen LogP contribution in [0.4, 0.5) is 11.6 Å². The Morgan fingerprint density at radius 1 is 1.13 bits per heavy atom. The van der Waals surface area contributed by atoms with Gasteiger partial charge < -0.3 is 24.5 Å². The van der Waals surface area contributed by atoms with E-state index >= 15 is 0 Å². The molecule has 3 aromatic rings. The highest BCUT2D eigenvalue weighted by Crippen LogP contribution is 2.31. The monoisotopic (exact) mass is 664 g/mol. The number of aryl methyl sites for hydroxylation is 1. The average Bonchev–Trinajstić information content (AvgIpc) is 3.45. The highest BCUT2D eigenvalue weighted by Gasteiger charge is 2.25. The van der Waals surface area contributed by atoms with Gasteiger partial charge in [-0.25, -0.2) is 9.97 Å². The van der Waals surface area contributed by atoms with Crippen molar-refractivity contribution in [2.45, 2.75) is 97.6 Å². The molecule has 0 spiro atoms. The van der Waals surface area contributed by atoms with Gasteiger partial charge in [0.2, 0.25) is 0 Å². The second-order valence-electron chi connectivity index (χ2n) is 13.6. The minimum atomic E-state index is -0.572. The number of piperazine rings is 1. The molecule has 256 valence electrons. The standard InChI is InChI=1S/C36H50N6O4.H2S/c1-24(2)41-14-16-42(17-15-41)36-19-28(18-35(39-36)38-29-6-5-7-29)32(44)10-9-30(43)21-40-13-12-31-25(3)33(11-8-27(31)20-40)45-22-34-26(4)37-23-46-34;/h8,11,18-19,23-24,29-30,43H,5-7,9-10,12-17,20-22H2,1-4H3,(H,38,39);1H2/t30-;/m0./s1. The maximum atomic E-state index is 13.5. The Morgan fingerprint density at radius 2 is 1.91 bits per heavy atom. The molecule has 47 heavy (non-hydrogen) atoms. The zero-order valence-corrected chi connectivity index (χ0v) is 29.4. The molecule has 1 aliphatic carbocycles. The molecule has 0 radical (unpaired) electrons. The molecule has 0 bridgehead atoms. The number of rotatable bonds is 13. The van der Waals surface area contributed by atoms with E-state index in [1.54, 1.807) is 0 Å². The first-order chi connectivity index (χ1) is 22.2. The summed E-state index contributed by atoms with van der Waals surface area (Å²) in [6, 6.07) is 9.00. The van der Waals surface area contributed by atoms with Crippen LogP contribution in [0, 0.1) is 13.8 Å². The third kappa shape index (κ3) is 8.68. The fourth-order valence-corrected chi connectivity index (χ4v) is 6.77. The number of nitrogens with one attached hydrogen (secondary N) is 1. The molecule has 11 heteroatoms. The lowest BCUT2D eigenvalue weighted by molar-refractivity contribution is 0.0836. The van der Waals surface area contributed by atoms with E-state index in [1.807, 2.05) is 25.1 Å². The molecule has 10 nitrogen and oxygen atoms in total. The molecule has 0 amide bonds. The fourth-order valence-electron chi connectivity index (χ4n) is 6.77. The number of ether oxygens (including phenoxy) is 1. The lowest BCUT2D eigenvalue weighted by Gasteiger charge is -2.38. The van der Waals surface area contributed by atoms with Gasteiger partial charge in [0.1, 0.15) is 24.0 Å². The minimum absolute atomic E-state index is 0. The Bertz CT molecular complexity index is 1500. The second-order valence-corrected chi connectivity index (χ2v) is 13.6. The van der Waals surface area contributed by atoms with Gasteiger partial charge in [0.25, 0.3) is 0 Å². The normalized spacial score (nSPS) is 18.0. The highest BCUT2D eigenvalue weighted by atomic mass is 32.1. The second kappa shape index (κ2) is 15.9. The van der Waals surface area contributed by atoms with E-state index in [1.165, 1.54) is 23.9 Å². The van der Waals surface area contributed by atoms with Crippen LogP contribution >= 0.6 is 13.5 Å². The van der Waals surface area contributed by atoms with Gasteiger partial charge in [-0.1, -0.05) is 6.07 Å². The molecule has 3 aliphatic rings. The van der Waals surface area contributed by atoms with Gasteiger partial charge in [0, 0.05) is 69.9 Å². The molecular weight excluding hydrogens is 613 g/mol. The van der Waals surface area contributed by atoms with Crippen molar-refractivity contribution in [2.75, 3.05) is 49.5 Å². The number of aromatic nitrogens is 2. The third-order valence-corrected chi connectivity index (χ3v) is 10.1. The Morgan fingerprint density at radius 3 is 2.60 bits per heavy atom. The lowest BCUT2D eigenvalue weighted by Crippen LogP contribution is -2.49. The van der Waals surface area contributed by atoms with Crippen LogP contribution in [-0.2, 0) is 19.6 Å². The van der Waals surface area contributed by atoms with Crippen molar-refractivity contribution in [3.8, 4) is 5.75 Å². The number of hydrogen-bond donors (Lipinski definition) is 2. The van der Waals surface area contributed by atoms with Crippen LogP contribution in [0.15, 0.2) is 35.1 Å². The summed E-state index contributed by atoms with van der Waals surface area (Å²) in [4.78, 5) is 29.6. The van der Waals surface area contributed by atoms with Crippen molar-refractivity contribution in [3.63, 3.8) is 0 Å². The molecule has 4 heterocycles. The van der Waals surface area contributed by atoms with Gasteiger partial charge in [0.15, 0.2) is 17.9 Å². The summed E-state index contributed by atoms with van der Waals surface area (Å²) in [6.45, 7) is 14.8. The molecule has 6 rings (SSSR count). The number of carbonyl (C=O) groups is 1. The van der Waals surface area contributed by atoms with E-state index in [0.717, 1.165) is 92.9 Å². The number of hydrogen-bond acceptors (Lipinski definition) is 10. The number of benzene rings is 1. The summed E-state index contributed by atoms with van der Waals surface area (Å²) in [5.41, 5.74) is 5.27. The Balaban J connectivity index is 0.00000433. The van der Waals surface area contributed by atoms with Crippen LogP contribution in [-0.4, -0.2) is 88.1 Å². The summed E-state index contributed by atoms with van der Waals surface area (Å²) in [5, 5.41) is 14.6. The molecule has 2 fully saturated rings. The number of pyridine rings is 1. The van der Waals surface area contributed by atoms with Crippen molar-refractivity contribution < 1.29 is 19.1 Å². The summed E-state index contributed by atoms with van der Waals surface area (Å²) in [7, 11) is 0. The molecule has 0 unspecified atom stereocenters. The Kier molecular flexibility index (Phi) is 11.9. The number of aliphatic hydroxyl groups is 1. The number of Topliss-reactive ketones (excluding diaryl/α,β-unsaturated/α-hetero) is 1. The summed E-state index contributed by atoms with van der Waals surface area (Å²) < 4.78 is 11.5. The molecule has 1 saturated carbocycles. The number of fused-ring (bicyclic) bond motifs is 1. The number of oxazole rings is 1. The highest BCUT2D eigenvalue weighted by molar-refractivity contribution is 7.59. The molecule has 1 saturated heterocycles. The predicted octanol–water partition coefficient (Wildman–Crippen LogP) is 5.26. The molecular formula is C36H52N6O4S. The van der Waals surface area contributed by atoms with Crippen LogP contribution in [0.5, 0.6) is 5.75 Å². The van der Waals surface area contributed by atoms with Gasteiger partial charge in [0.05, 0.1) is 11.8 Å². The van der Waals surface area contributed by atoms with Gasteiger partial charge in [-0.2, -0.15) is 13.5 Å². The van der Waals surface area contributed by atoms with E-state index in [9.17, 15) is 9.90 Å². The largest absolute Gasteiger partial charge is 0.485 e. The van der Waals surface area contributed by atoms with Crippen molar-refractivity contribution in [2.24, 2.45) is 0 Å². The lowest BCUT2D eigenvalue weighted by atomic mass is 9.93. The van der Waals surface area contributed by atoms with Crippen molar-refractivity contribution >= 4 is 30.9 Å². The van der Waals surface area contributed by atoms with Crippen LogP contribution in [0.3, 0.4) is 0 Å². The Labute approximate surface area is 286 Å². The summed E-state index contributed by atoms with van der Waals surface area (Å²) >= 11 is 0. The van der Waals surface area contributed by atoms with Gasteiger partial charge in [-0.15, -0.1) is 0 Å².